The van der Waals surface area contributed by atoms with Gasteiger partial charge in [0.15, 0.2) is 0 Å². The molecule has 0 aromatic carbocycles. The fraction of sp³-hybridized carbons (Fsp3) is 0.143. The first-order chi connectivity index (χ1) is 5.25. The summed E-state index contributed by atoms with van der Waals surface area (Å²) in [5, 5.41) is 19.5. The molecule has 4 heteroatoms. The van der Waals surface area contributed by atoms with Crippen LogP contribution in [0.5, 0.6) is 0 Å². The fourth-order valence-corrected chi connectivity index (χ4v) is 1.50. The lowest BCUT2D eigenvalue weighted by molar-refractivity contribution is 0.238. The Kier molecular flexibility index (Phi) is 2.64. The molecule has 1 aromatic rings. The van der Waals surface area contributed by atoms with E-state index in [2.05, 4.69) is 0 Å². The Bertz CT molecular complexity index is 241. The van der Waals surface area contributed by atoms with Crippen molar-refractivity contribution in [2.24, 2.45) is 5.73 Å². The molecular weight excluding hydrogens is 162 g/mol. The number of aliphatic hydroxyl groups excluding tert-OH is 2. The van der Waals surface area contributed by atoms with Crippen LogP contribution in [0, 0.1) is 0 Å². The van der Waals surface area contributed by atoms with Gasteiger partial charge in [0, 0.05) is 10.5 Å². The molecule has 11 heavy (non-hydrogen) atoms. The minimum absolute atomic E-state index is 0.347. The van der Waals surface area contributed by atoms with Crippen LogP contribution < -0.4 is 5.73 Å². The van der Waals surface area contributed by atoms with Gasteiger partial charge in [-0.25, -0.2) is 0 Å². The molecule has 0 fully saturated rings. The number of rotatable bonds is 2. The summed E-state index contributed by atoms with van der Waals surface area (Å²) < 4.78 is 0. The maximum atomic E-state index is 8.94. The summed E-state index contributed by atoms with van der Waals surface area (Å²) in [6, 6.07) is 3.61. The van der Waals surface area contributed by atoms with Gasteiger partial charge in [-0.1, -0.05) is 6.07 Å². The molecule has 60 valence electrons. The predicted molar refractivity (Wildman–Crippen MR) is 45.1 cm³/mol. The average Bonchev–Trinajstić information content (AvgIpc) is 2.40. The first-order valence-electron chi connectivity index (χ1n) is 3.07. The van der Waals surface area contributed by atoms with Gasteiger partial charge in [-0.15, -0.1) is 11.3 Å². The number of aliphatic hydroxyl groups is 2. The van der Waals surface area contributed by atoms with Crippen LogP contribution in [0.3, 0.4) is 0 Å². The molecule has 1 aromatic heterocycles. The second kappa shape index (κ2) is 3.52. The molecule has 0 radical (unpaired) electrons. The molecule has 0 amide bonds. The minimum Gasteiger partial charge on any atom is -0.515 e. The summed E-state index contributed by atoms with van der Waals surface area (Å²) >= 11 is 1.42. The molecule has 0 aliphatic heterocycles. The highest BCUT2D eigenvalue weighted by Gasteiger charge is 2.08. The molecule has 3 nitrogen and oxygen atoms in total. The molecule has 1 rings (SSSR count). The molecule has 0 saturated heterocycles. The zero-order valence-corrected chi connectivity index (χ0v) is 6.58. The van der Waals surface area contributed by atoms with E-state index in [1.54, 1.807) is 6.07 Å². The van der Waals surface area contributed by atoms with Crippen LogP contribution in [-0.2, 0) is 0 Å². The fourth-order valence-electron chi connectivity index (χ4n) is 0.729. The van der Waals surface area contributed by atoms with E-state index in [1.165, 1.54) is 11.3 Å². The van der Waals surface area contributed by atoms with E-state index in [4.69, 9.17) is 15.9 Å². The third-order valence-corrected chi connectivity index (χ3v) is 2.18. The first kappa shape index (κ1) is 8.26. The standard InChI is InChI=1S/C7H9NO2S/c8-7(10)5(4-9)6-2-1-3-11-6/h1-4,7,9-10H,8H2/b5-4+/t7-/m0/s1. The smallest absolute Gasteiger partial charge is 0.132 e. The van der Waals surface area contributed by atoms with E-state index in [9.17, 15) is 0 Å². The lowest BCUT2D eigenvalue weighted by atomic mass is 10.2. The zero-order valence-electron chi connectivity index (χ0n) is 5.77. The highest BCUT2D eigenvalue weighted by atomic mass is 32.1. The van der Waals surface area contributed by atoms with Crippen molar-refractivity contribution in [3.8, 4) is 0 Å². The third-order valence-electron chi connectivity index (χ3n) is 1.26. The lowest BCUT2D eigenvalue weighted by Gasteiger charge is -2.05. The van der Waals surface area contributed by atoms with E-state index in [0.717, 1.165) is 11.1 Å². The zero-order chi connectivity index (χ0) is 8.27. The molecule has 0 bridgehead atoms. The predicted octanol–water partition coefficient (Wildman–Crippen LogP) is 0.924. The summed E-state index contributed by atoms with van der Waals surface area (Å²) in [5.74, 6) is 0. The van der Waals surface area contributed by atoms with Gasteiger partial charge in [-0.3, -0.25) is 0 Å². The van der Waals surface area contributed by atoms with Gasteiger partial charge in [-0.2, -0.15) is 0 Å². The maximum Gasteiger partial charge on any atom is 0.132 e. The summed E-state index contributed by atoms with van der Waals surface area (Å²) in [4.78, 5) is 0.780. The van der Waals surface area contributed by atoms with Crippen molar-refractivity contribution in [2.45, 2.75) is 6.23 Å². The quantitative estimate of drug-likeness (QED) is 0.458. The van der Waals surface area contributed by atoms with E-state index in [-0.39, 0.29) is 0 Å². The van der Waals surface area contributed by atoms with Gasteiger partial charge in [-0.05, 0) is 11.4 Å². The maximum absolute atomic E-state index is 8.94. The summed E-state index contributed by atoms with van der Waals surface area (Å²) in [6.07, 6.45) is -0.283. The van der Waals surface area contributed by atoms with Crippen molar-refractivity contribution in [3.05, 3.63) is 28.7 Å². The SMILES string of the molecule is N[C@@H](O)/C(=C/O)c1cccs1. The molecule has 0 unspecified atom stereocenters. The van der Waals surface area contributed by atoms with Crippen LogP contribution in [0.4, 0.5) is 0 Å². The van der Waals surface area contributed by atoms with Crippen LogP contribution in [0.25, 0.3) is 5.57 Å². The van der Waals surface area contributed by atoms with E-state index in [1.807, 2.05) is 11.4 Å². The Morgan fingerprint density at radius 3 is 2.82 bits per heavy atom. The van der Waals surface area contributed by atoms with Gasteiger partial charge >= 0.3 is 0 Å². The monoisotopic (exact) mass is 171 g/mol. The summed E-state index contributed by atoms with van der Waals surface area (Å²) in [5.41, 5.74) is 5.52. The minimum atomic E-state index is -1.11. The molecular formula is C7H9NO2S. The third kappa shape index (κ3) is 1.80. The van der Waals surface area contributed by atoms with Crippen molar-refractivity contribution in [1.82, 2.24) is 0 Å². The number of hydrogen-bond donors (Lipinski definition) is 3. The van der Waals surface area contributed by atoms with E-state index >= 15 is 0 Å². The van der Waals surface area contributed by atoms with Crippen molar-refractivity contribution < 1.29 is 10.2 Å². The normalized spacial score (nSPS) is 14.9. The Morgan fingerprint density at radius 2 is 2.45 bits per heavy atom. The molecule has 4 N–H and O–H groups in total. The topological polar surface area (TPSA) is 66.5 Å². The number of hydrogen-bond acceptors (Lipinski definition) is 4. The van der Waals surface area contributed by atoms with Crippen molar-refractivity contribution in [2.75, 3.05) is 0 Å². The number of thiophene rings is 1. The van der Waals surface area contributed by atoms with Gasteiger partial charge in [0.25, 0.3) is 0 Å². The average molecular weight is 171 g/mol. The second-order valence-corrected chi connectivity index (χ2v) is 2.95. The Hall–Kier alpha value is -0.840. The van der Waals surface area contributed by atoms with Crippen LogP contribution in [0.2, 0.25) is 0 Å². The van der Waals surface area contributed by atoms with Gasteiger partial charge in [0.05, 0.1) is 6.26 Å². The van der Waals surface area contributed by atoms with Gasteiger partial charge in [0.2, 0.25) is 0 Å². The summed E-state index contributed by atoms with van der Waals surface area (Å²) in [7, 11) is 0. The Labute approximate surface area is 68.4 Å². The van der Waals surface area contributed by atoms with Crippen LogP contribution in [0.1, 0.15) is 4.88 Å². The van der Waals surface area contributed by atoms with Crippen molar-refractivity contribution >= 4 is 16.9 Å². The molecule has 0 aliphatic carbocycles. The molecule has 1 atom stereocenters. The van der Waals surface area contributed by atoms with Crippen LogP contribution in [0.15, 0.2) is 23.8 Å². The van der Waals surface area contributed by atoms with Crippen LogP contribution in [-0.4, -0.2) is 16.4 Å². The number of nitrogens with two attached hydrogens (primary N) is 1. The van der Waals surface area contributed by atoms with E-state index in [0.29, 0.717) is 5.57 Å². The Balaban J connectivity index is 2.90. The van der Waals surface area contributed by atoms with E-state index < -0.39 is 6.23 Å². The Morgan fingerprint density at radius 1 is 1.73 bits per heavy atom. The molecule has 0 aliphatic rings. The highest BCUT2D eigenvalue weighted by Crippen LogP contribution is 2.20. The highest BCUT2D eigenvalue weighted by molar-refractivity contribution is 7.11. The first-order valence-corrected chi connectivity index (χ1v) is 3.95. The molecule has 0 spiro atoms. The molecule has 0 saturated carbocycles. The van der Waals surface area contributed by atoms with Crippen molar-refractivity contribution in [3.63, 3.8) is 0 Å². The van der Waals surface area contributed by atoms with Crippen molar-refractivity contribution in [1.29, 1.82) is 0 Å². The molecule has 1 heterocycles. The largest absolute Gasteiger partial charge is 0.515 e. The second-order valence-electron chi connectivity index (χ2n) is 2.01. The van der Waals surface area contributed by atoms with Gasteiger partial charge in [0.1, 0.15) is 6.23 Å². The lowest BCUT2D eigenvalue weighted by Crippen LogP contribution is -2.20. The van der Waals surface area contributed by atoms with Crippen LogP contribution >= 0.6 is 11.3 Å². The summed E-state index contributed by atoms with van der Waals surface area (Å²) in [6.45, 7) is 0. The van der Waals surface area contributed by atoms with Gasteiger partial charge < -0.3 is 15.9 Å².